The summed E-state index contributed by atoms with van der Waals surface area (Å²) in [6.45, 7) is 14.3. The molecule has 1 nitrogen and oxygen atoms in total. The first-order valence-electron chi connectivity index (χ1n) is 9.72. The largest absolute Gasteiger partial charge is 0.337 e. The topological polar surface area (TPSA) is 9.23 Å². The molecule has 2 aliphatic rings. The Labute approximate surface area is 165 Å². The lowest BCUT2D eigenvalue weighted by Gasteiger charge is -2.36. The van der Waals surface area contributed by atoms with Crippen molar-refractivity contribution >= 4 is 13.7 Å². The number of ether oxygens (including phenoxy) is 1. The van der Waals surface area contributed by atoms with E-state index < -0.39 is 0 Å². The molecule has 3 rings (SSSR count). The number of allylic oxidation sites excluding steroid dienone is 7. The summed E-state index contributed by atoms with van der Waals surface area (Å²) in [5.41, 5.74) is 5.22. The van der Waals surface area contributed by atoms with Gasteiger partial charge in [-0.05, 0) is 49.2 Å². The average molecular weight is 376 g/mol. The molecule has 1 aliphatic heterocycles. The van der Waals surface area contributed by atoms with Crippen molar-refractivity contribution in [1.29, 1.82) is 0 Å². The van der Waals surface area contributed by atoms with E-state index in [0.717, 1.165) is 18.3 Å². The first kappa shape index (κ1) is 19.8. The molecule has 1 heterocycles. The highest BCUT2D eigenvalue weighted by Gasteiger charge is 2.41. The van der Waals surface area contributed by atoms with Gasteiger partial charge in [0.05, 0.1) is 6.10 Å². The van der Waals surface area contributed by atoms with Crippen LogP contribution in [0, 0.1) is 11.8 Å². The van der Waals surface area contributed by atoms with E-state index in [2.05, 4.69) is 68.3 Å². The van der Waals surface area contributed by atoms with Gasteiger partial charge in [0.25, 0.3) is 0 Å². The highest BCUT2D eigenvalue weighted by molar-refractivity contribution is 7.42. The molecule has 4 atom stereocenters. The number of benzene rings is 1. The zero-order valence-corrected chi connectivity index (χ0v) is 17.1. The van der Waals surface area contributed by atoms with E-state index in [1.54, 1.807) is 0 Å². The minimum Gasteiger partial charge on any atom is -0.337 e. The van der Waals surface area contributed by atoms with Gasteiger partial charge in [0.15, 0.2) is 0 Å². The molecule has 1 saturated carbocycles. The normalized spacial score (nSPS) is 28.5. The van der Waals surface area contributed by atoms with Crippen LogP contribution in [0.1, 0.15) is 31.7 Å². The lowest BCUT2D eigenvalue weighted by atomic mass is 9.76. The van der Waals surface area contributed by atoms with E-state index in [1.807, 2.05) is 19.1 Å². The Morgan fingerprint density at radius 3 is 2.67 bits per heavy atom. The summed E-state index contributed by atoms with van der Waals surface area (Å²) < 4.78 is 6.43. The molecule has 1 aliphatic carbocycles. The van der Waals surface area contributed by atoms with Crippen molar-refractivity contribution in [2.45, 2.75) is 37.9 Å². The monoisotopic (exact) mass is 376 g/mol. The van der Waals surface area contributed by atoms with Gasteiger partial charge >= 0.3 is 0 Å². The van der Waals surface area contributed by atoms with Crippen LogP contribution in [0.4, 0.5) is 0 Å². The fourth-order valence-corrected chi connectivity index (χ4v) is 5.71. The summed E-state index contributed by atoms with van der Waals surface area (Å²) in [6.07, 6.45) is 13.7. The first-order valence-corrected chi connectivity index (χ1v) is 10.7. The Morgan fingerprint density at radius 2 is 2.00 bits per heavy atom. The van der Waals surface area contributed by atoms with Crippen LogP contribution >= 0.6 is 8.20 Å². The van der Waals surface area contributed by atoms with Crippen molar-refractivity contribution in [3.8, 4) is 0 Å². The van der Waals surface area contributed by atoms with Gasteiger partial charge in [-0.1, -0.05) is 82.1 Å². The second kappa shape index (κ2) is 9.31. The maximum atomic E-state index is 6.43. The summed E-state index contributed by atoms with van der Waals surface area (Å²) in [7, 11) is 1.31. The van der Waals surface area contributed by atoms with Crippen molar-refractivity contribution in [3.05, 3.63) is 97.2 Å². The van der Waals surface area contributed by atoms with E-state index in [4.69, 9.17) is 4.74 Å². The smallest absolute Gasteiger partial charge is 0.105 e. The van der Waals surface area contributed by atoms with Crippen molar-refractivity contribution in [1.82, 2.24) is 0 Å². The second-order valence-electron chi connectivity index (χ2n) is 7.35. The maximum absolute atomic E-state index is 6.43. The van der Waals surface area contributed by atoms with Gasteiger partial charge < -0.3 is 4.74 Å². The SMILES string of the molecule is C=C/C=C(\C=C/C)C(=C)CC1CC(C=C)C2P=C(c3ccccc3)OC2C1. The van der Waals surface area contributed by atoms with Crippen LogP contribution in [0.25, 0.3) is 0 Å². The van der Waals surface area contributed by atoms with Crippen LogP contribution in [-0.4, -0.2) is 17.2 Å². The summed E-state index contributed by atoms with van der Waals surface area (Å²) in [4.78, 5) is 0. The van der Waals surface area contributed by atoms with Gasteiger partial charge in [-0.25, -0.2) is 0 Å². The minimum absolute atomic E-state index is 0.282. The Balaban J connectivity index is 1.72. The third-order valence-electron chi connectivity index (χ3n) is 5.43. The lowest BCUT2D eigenvalue weighted by Crippen LogP contribution is -2.36. The summed E-state index contributed by atoms with van der Waals surface area (Å²) in [6, 6.07) is 10.5. The fourth-order valence-electron chi connectivity index (χ4n) is 4.16. The van der Waals surface area contributed by atoms with E-state index in [9.17, 15) is 0 Å². The zero-order chi connectivity index (χ0) is 19.2. The number of hydrogen-bond donors (Lipinski definition) is 0. The van der Waals surface area contributed by atoms with Crippen LogP contribution in [0.5, 0.6) is 0 Å². The molecule has 1 fully saturated rings. The maximum Gasteiger partial charge on any atom is 0.105 e. The Bertz CT molecular complexity index is 784. The zero-order valence-electron chi connectivity index (χ0n) is 16.2. The van der Waals surface area contributed by atoms with E-state index in [-0.39, 0.29) is 6.10 Å². The van der Waals surface area contributed by atoms with Crippen LogP contribution in [0.3, 0.4) is 0 Å². The molecule has 1 aromatic carbocycles. The molecular formula is C25H29OP. The molecule has 27 heavy (non-hydrogen) atoms. The van der Waals surface area contributed by atoms with Gasteiger partial charge in [-0.3, -0.25) is 0 Å². The lowest BCUT2D eigenvalue weighted by molar-refractivity contribution is 0.112. The van der Waals surface area contributed by atoms with Crippen LogP contribution in [0.2, 0.25) is 0 Å². The number of rotatable bonds is 7. The Morgan fingerprint density at radius 1 is 1.22 bits per heavy atom. The molecule has 1 aromatic rings. The molecule has 0 saturated heterocycles. The average Bonchev–Trinajstić information content (AvgIpc) is 3.12. The summed E-state index contributed by atoms with van der Waals surface area (Å²) in [5.74, 6) is 1.07. The highest BCUT2D eigenvalue weighted by Crippen LogP contribution is 2.45. The van der Waals surface area contributed by atoms with Gasteiger partial charge in [0.1, 0.15) is 5.48 Å². The standard InChI is InChI=1S/C25H29OP/c1-5-11-21(12-6-2)18(4)15-19-16-20(7-3)24-23(17-19)26-25(27-24)22-13-9-8-10-14-22/h5-14,19-20,23-24H,1,3-4,15-17H2,2H3/b12-6-,21-11+. The number of hydrogen-bond acceptors (Lipinski definition) is 1. The van der Waals surface area contributed by atoms with Crippen molar-refractivity contribution in [2.24, 2.45) is 11.8 Å². The molecule has 0 bridgehead atoms. The molecule has 0 spiro atoms. The molecule has 0 amide bonds. The minimum atomic E-state index is 0.282. The van der Waals surface area contributed by atoms with Crippen molar-refractivity contribution in [2.75, 3.05) is 0 Å². The van der Waals surface area contributed by atoms with Gasteiger partial charge in [-0.15, -0.1) is 6.58 Å². The predicted octanol–water partition coefficient (Wildman–Crippen LogP) is 6.73. The molecule has 0 N–H and O–H groups in total. The third-order valence-corrected chi connectivity index (χ3v) is 7.04. The number of fused-ring (bicyclic) bond motifs is 1. The Kier molecular flexibility index (Phi) is 6.83. The highest BCUT2D eigenvalue weighted by atomic mass is 31.1. The second-order valence-corrected chi connectivity index (χ2v) is 8.61. The van der Waals surface area contributed by atoms with Gasteiger partial charge in [-0.2, -0.15) is 0 Å². The van der Waals surface area contributed by atoms with Crippen LogP contribution in [-0.2, 0) is 4.74 Å². The third kappa shape index (κ3) is 4.67. The summed E-state index contributed by atoms with van der Waals surface area (Å²) >= 11 is 0. The molecule has 2 heteroatoms. The molecule has 0 aromatic heterocycles. The predicted molar refractivity (Wildman–Crippen MR) is 119 cm³/mol. The van der Waals surface area contributed by atoms with E-state index >= 15 is 0 Å². The van der Waals surface area contributed by atoms with Crippen LogP contribution < -0.4 is 0 Å². The Hall–Kier alpha value is -1.95. The van der Waals surface area contributed by atoms with Gasteiger partial charge in [0.2, 0.25) is 0 Å². The quantitative estimate of drug-likeness (QED) is 0.291. The van der Waals surface area contributed by atoms with E-state index in [1.165, 1.54) is 31.3 Å². The molecule has 140 valence electrons. The fraction of sp³-hybridized carbons (Fsp3) is 0.320. The van der Waals surface area contributed by atoms with Crippen LogP contribution in [0.15, 0.2) is 91.6 Å². The van der Waals surface area contributed by atoms with Crippen molar-refractivity contribution in [3.63, 3.8) is 0 Å². The van der Waals surface area contributed by atoms with Crippen molar-refractivity contribution < 1.29 is 4.74 Å². The molecular weight excluding hydrogens is 347 g/mol. The first-order chi connectivity index (χ1) is 13.2. The summed E-state index contributed by atoms with van der Waals surface area (Å²) in [5, 5.41) is 0. The van der Waals surface area contributed by atoms with E-state index in [0.29, 0.717) is 17.5 Å². The van der Waals surface area contributed by atoms with Gasteiger partial charge in [0, 0.05) is 11.2 Å². The molecule has 4 unspecified atom stereocenters. The molecule has 0 radical (unpaired) electrons.